The van der Waals surface area contributed by atoms with Gasteiger partial charge in [0, 0.05) is 25.5 Å². The second-order valence-corrected chi connectivity index (χ2v) is 4.01. The third-order valence-corrected chi connectivity index (χ3v) is 2.57. The van der Waals surface area contributed by atoms with Crippen molar-refractivity contribution in [3.63, 3.8) is 0 Å². The minimum absolute atomic E-state index is 0.478. The highest BCUT2D eigenvalue weighted by atomic mass is 16.5. The lowest BCUT2D eigenvalue weighted by molar-refractivity contribution is 0.162. The monoisotopic (exact) mass is 222 g/mol. The summed E-state index contributed by atoms with van der Waals surface area (Å²) in [6.45, 7) is 3.98. The summed E-state index contributed by atoms with van der Waals surface area (Å²) in [7, 11) is 1.76. The van der Waals surface area contributed by atoms with Crippen molar-refractivity contribution >= 4 is 0 Å². The summed E-state index contributed by atoms with van der Waals surface area (Å²) in [5, 5.41) is 3.52. The summed E-state index contributed by atoms with van der Waals surface area (Å²) >= 11 is 0. The molecule has 0 saturated heterocycles. The first-order valence-corrected chi connectivity index (χ1v) is 5.98. The van der Waals surface area contributed by atoms with Gasteiger partial charge in [0.15, 0.2) is 0 Å². The number of pyridine rings is 1. The average molecular weight is 222 g/mol. The standard InChI is InChI=1S/C13H22N2O/c1-3-5-13(11-16-2)15-9-7-12-6-4-8-14-10-12/h4,6,8,10,13,15H,3,5,7,9,11H2,1-2H3. The summed E-state index contributed by atoms with van der Waals surface area (Å²) in [5.41, 5.74) is 1.28. The van der Waals surface area contributed by atoms with Gasteiger partial charge in [-0.3, -0.25) is 4.98 Å². The molecule has 1 N–H and O–H groups in total. The molecule has 1 heterocycles. The second-order valence-electron chi connectivity index (χ2n) is 4.01. The Morgan fingerprint density at radius 3 is 3.00 bits per heavy atom. The molecule has 0 bridgehead atoms. The van der Waals surface area contributed by atoms with Gasteiger partial charge in [0.05, 0.1) is 6.61 Å². The van der Waals surface area contributed by atoms with Crippen LogP contribution in [0, 0.1) is 0 Å². The minimum Gasteiger partial charge on any atom is -0.383 e. The van der Waals surface area contributed by atoms with E-state index in [0.717, 1.165) is 19.6 Å². The van der Waals surface area contributed by atoms with Gasteiger partial charge in [-0.1, -0.05) is 19.4 Å². The zero-order valence-corrected chi connectivity index (χ0v) is 10.3. The van der Waals surface area contributed by atoms with Crippen LogP contribution in [0.15, 0.2) is 24.5 Å². The van der Waals surface area contributed by atoms with Gasteiger partial charge < -0.3 is 10.1 Å². The number of aromatic nitrogens is 1. The molecular formula is C13H22N2O. The molecular weight excluding hydrogens is 200 g/mol. The van der Waals surface area contributed by atoms with Crippen molar-refractivity contribution < 1.29 is 4.74 Å². The summed E-state index contributed by atoms with van der Waals surface area (Å²) < 4.78 is 5.18. The van der Waals surface area contributed by atoms with E-state index < -0.39 is 0 Å². The fourth-order valence-electron chi connectivity index (χ4n) is 1.76. The van der Waals surface area contributed by atoms with Crippen molar-refractivity contribution in [3.8, 4) is 0 Å². The van der Waals surface area contributed by atoms with Gasteiger partial charge in [-0.15, -0.1) is 0 Å². The average Bonchev–Trinajstić information content (AvgIpc) is 2.31. The topological polar surface area (TPSA) is 34.1 Å². The lowest BCUT2D eigenvalue weighted by Gasteiger charge is -2.16. The molecule has 1 aromatic heterocycles. The van der Waals surface area contributed by atoms with Crippen LogP contribution in [0.1, 0.15) is 25.3 Å². The van der Waals surface area contributed by atoms with E-state index in [2.05, 4.69) is 23.3 Å². The summed E-state index contributed by atoms with van der Waals surface area (Å²) in [5.74, 6) is 0. The van der Waals surface area contributed by atoms with Gasteiger partial charge in [-0.2, -0.15) is 0 Å². The minimum atomic E-state index is 0.478. The zero-order chi connectivity index (χ0) is 11.6. The molecule has 0 amide bonds. The molecule has 0 saturated carbocycles. The Hall–Kier alpha value is -0.930. The van der Waals surface area contributed by atoms with Crippen molar-refractivity contribution in [1.29, 1.82) is 0 Å². The van der Waals surface area contributed by atoms with E-state index in [1.165, 1.54) is 18.4 Å². The van der Waals surface area contributed by atoms with E-state index in [0.29, 0.717) is 6.04 Å². The lowest BCUT2D eigenvalue weighted by Crippen LogP contribution is -2.34. The SMILES string of the molecule is CCCC(COC)NCCc1cccnc1. The van der Waals surface area contributed by atoms with E-state index in [-0.39, 0.29) is 0 Å². The summed E-state index contributed by atoms with van der Waals surface area (Å²) in [6, 6.07) is 4.57. The zero-order valence-electron chi connectivity index (χ0n) is 10.3. The van der Waals surface area contributed by atoms with Crippen molar-refractivity contribution in [2.24, 2.45) is 0 Å². The van der Waals surface area contributed by atoms with Crippen molar-refractivity contribution in [1.82, 2.24) is 10.3 Å². The Morgan fingerprint density at radius 2 is 2.38 bits per heavy atom. The maximum Gasteiger partial charge on any atom is 0.0615 e. The van der Waals surface area contributed by atoms with E-state index in [1.54, 1.807) is 7.11 Å². The van der Waals surface area contributed by atoms with Crippen molar-refractivity contribution in [3.05, 3.63) is 30.1 Å². The van der Waals surface area contributed by atoms with E-state index in [4.69, 9.17) is 4.74 Å². The maximum atomic E-state index is 5.18. The molecule has 1 unspecified atom stereocenters. The Kier molecular flexibility index (Phi) is 6.77. The molecule has 3 nitrogen and oxygen atoms in total. The second kappa shape index (κ2) is 8.25. The number of rotatable bonds is 8. The Labute approximate surface area is 98.2 Å². The fraction of sp³-hybridized carbons (Fsp3) is 0.615. The number of hydrogen-bond acceptors (Lipinski definition) is 3. The number of nitrogens with one attached hydrogen (secondary N) is 1. The molecule has 3 heteroatoms. The van der Waals surface area contributed by atoms with Gasteiger partial charge in [0.2, 0.25) is 0 Å². The van der Waals surface area contributed by atoms with E-state index in [9.17, 15) is 0 Å². The van der Waals surface area contributed by atoms with Crippen LogP contribution in [0.3, 0.4) is 0 Å². The first kappa shape index (κ1) is 13.1. The van der Waals surface area contributed by atoms with Gasteiger partial charge in [0.25, 0.3) is 0 Å². The summed E-state index contributed by atoms with van der Waals surface area (Å²) in [6.07, 6.45) is 7.11. The molecule has 0 aliphatic carbocycles. The molecule has 0 radical (unpaired) electrons. The van der Waals surface area contributed by atoms with E-state index in [1.807, 2.05) is 18.5 Å². The maximum absolute atomic E-state index is 5.18. The highest BCUT2D eigenvalue weighted by Crippen LogP contribution is 1.99. The smallest absolute Gasteiger partial charge is 0.0615 e. The molecule has 0 spiro atoms. The highest BCUT2D eigenvalue weighted by molar-refractivity contribution is 5.08. The molecule has 0 aliphatic heterocycles. The first-order valence-electron chi connectivity index (χ1n) is 5.98. The van der Waals surface area contributed by atoms with Crippen LogP contribution >= 0.6 is 0 Å². The van der Waals surface area contributed by atoms with Crippen LogP contribution in [0.5, 0.6) is 0 Å². The molecule has 16 heavy (non-hydrogen) atoms. The first-order chi connectivity index (χ1) is 7.86. The normalized spacial score (nSPS) is 12.6. The largest absolute Gasteiger partial charge is 0.383 e. The van der Waals surface area contributed by atoms with Crippen LogP contribution in [-0.4, -0.2) is 31.3 Å². The van der Waals surface area contributed by atoms with Crippen LogP contribution < -0.4 is 5.32 Å². The molecule has 0 fully saturated rings. The molecule has 1 rings (SSSR count). The van der Waals surface area contributed by atoms with Crippen LogP contribution in [0.2, 0.25) is 0 Å². The third kappa shape index (κ3) is 5.24. The van der Waals surface area contributed by atoms with Crippen LogP contribution in [0.4, 0.5) is 0 Å². The summed E-state index contributed by atoms with van der Waals surface area (Å²) in [4.78, 5) is 4.10. The van der Waals surface area contributed by atoms with Gasteiger partial charge in [0.1, 0.15) is 0 Å². The highest BCUT2D eigenvalue weighted by Gasteiger charge is 2.05. The van der Waals surface area contributed by atoms with Gasteiger partial charge >= 0.3 is 0 Å². The van der Waals surface area contributed by atoms with Crippen LogP contribution in [0.25, 0.3) is 0 Å². The molecule has 90 valence electrons. The van der Waals surface area contributed by atoms with Crippen LogP contribution in [-0.2, 0) is 11.2 Å². The number of hydrogen-bond donors (Lipinski definition) is 1. The predicted molar refractivity (Wildman–Crippen MR) is 66.5 cm³/mol. The third-order valence-electron chi connectivity index (χ3n) is 2.57. The Bertz CT molecular complexity index is 258. The predicted octanol–water partition coefficient (Wildman–Crippen LogP) is 2.03. The van der Waals surface area contributed by atoms with Crippen molar-refractivity contribution in [2.45, 2.75) is 32.2 Å². The van der Waals surface area contributed by atoms with Gasteiger partial charge in [-0.25, -0.2) is 0 Å². The quantitative estimate of drug-likeness (QED) is 0.731. The molecule has 1 atom stereocenters. The number of methoxy groups -OCH3 is 1. The number of ether oxygens (including phenoxy) is 1. The van der Waals surface area contributed by atoms with Gasteiger partial charge in [-0.05, 0) is 31.0 Å². The Balaban J connectivity index is 2.22. The molecule has 0 aliphatic rings. The molecule has 1 aromatic rings. The van der Waals surface area contributed by atoms with Crippen molar-refractivity contribution in [2.75, 3.05) is 20.3 Å². The molecule has 0 aromatic carbocycles. The Morgan fingerprint density at radius 1 is 1.50 bits per heavy atom. The number of nitrogens with zero attached hydrogens (tertiary/aromatic N) is 1. The van der Waals surface area contributed by atoms with E-state index >= 15 is 0 Å². The lowest BCUT2D eigenvalue weighted by atomic mass is 10.1. The fourth-order valence-corrected chi connectivity index (χ4v) is 1.76.